The van der Waals surface area contributed by atoms with Crippen LogP contribution in [0.5, 0.6) is 0 Å². The van der Waals surface area contributed by atoms with Crippen LogP contribution >= 0.6 is 0 Å². The van der Waals surface area contributed by atoms with Crippen LogP contribution < -0.4 is 0 Å². The average molecular weight is 236 g/mol. The fraction of sp³-hybridized carbons (Fsp3) is 0.583. The molecule has 2 rings (SSSR count). The molecule has 1 fully saturated rings. The molecule has 1 aromatic rings. The Kier molecular flexibility index (Phi) is 3.11. The third kappa shape index (κ3) is 2.02. The van der Waals surface area contributed by atoms with Crippen LogP contribution in [0.3, 0.4) is 0 Å². The lowest BCUT2D eigenvalue weighted by Gasteiger charge is -2.35. The van der Waals surface area contributed by atoms with Crippen LogP contribution in [0.15, 0.2) is 12.4 Å². The minimum atomic E-state index is -0.975. The second-order valence-corrected chi connectivity index (χ2v) is 4.61. The van der Waals surface area contributed by atoms with Crippen molar-refractivity contribution in [3.05, 3.63) is 23.8 Å². The van der Waals surface area contributed by atoms with Crippen LogP contribution in [-0.4, -0.2) is 32.3 Å². The van der Waals surface area contributed by atoms with Crippen molar-refractivity contribution in [2.75, 3.05) is 0 Å². The molecule has 0 unspecified atom stereocenters. The molecule has 0 saturated heterocycles. The number of nitrogens with zero attached hydrogens (tertiary/aromatic N) is 2. The van der Waals surface area contributed by atoms with Gasteiger partial charge in [-0.1, -0.05) is 0 Å². The molecule has 0 spiro atoms. The largest absolute Gasteiger partial charge is 0.481 e. The zero-order valence-electron chi connectivity index (χ0n) is 9.76. The Morgan fingerprint density at radius 1 is 1.35 bits per heavy atom. The highest BCUT2D eigenvalue weighted by Crippen LogP contribution is 2.39. The lowest BCUT2D eigenvalue weighted by Crippen LogP contribution is -2.42. The number of aryl methyl sites for hydroxylation is 1. The van der Waals surface area contributed by atoms with Crippen molar-refractivity contribution in [3.8, 4) is 0 Å². The summed E-state index contributed by atoms with van der Waals surface area (Å²) in [5, 5.41) is 19.0. The van der Waals surface area contributed by atoms with E-state index in [1.165, 1.54) is 6.20 Å². The number of carboxylic acids is 1. The van der Waals surface area contributed by atoms with Crippen LogP contribution in [-0.2, 0) is 10.2 Å². The molecule has 1 aromatic heterocycles. The third-order valence-corrected chi connectivity index (χ3v) is 3.55. The second kappa shape index (κ2) is 4.41. The van der Waals surface area contributed by atoms with Crippen LogP contribution in [0.25, 0.3) is 0 Å². The van der Waals surface area contributed by atoms with Crippen molar-refractivity contribution in [2.45, 2.75) is 44.1 Å². The Labute approximate surface area is 99.5 Å². The molecule has 92 valence electrons. The first kappa shape index (κ1) is 12.0. The number of aliphatic hydroxyl groups is 1. The summed E-state index contributed by atoms with van der Waals surface area (Å²) in [6.07, 6.45) is 4.54. The smallest absolute Gasteiger partial charge is 0.315 e. The molecule has 0 amide bonds. The number of aromatic nitrogens is 2. The SMILES string of the molecule is Cc1nccnc1C1(C(=O)O)CCC(O)CC1. The predicted molar refractivity (Wildman–Crippen MR) is 60.6 cm³/mol. The van der Waals surface area contributed by atoms with Crippen LogP contribution in [0, 0.1) is 6.92 Å². The lowest BCUT2D eigenvalue weighted by molar-refractivity contribution is -0.146. The Balaban J connectivity index is 2.42. The van der Waals surface area contributed by atoms with Gasteiger partial charge in [0.25, 0.3) is 0 Å². The summed E-state index contributed by atoms with van der Waals surface area (Å²) in [4.78, 5) is 19.9. The zero-order valence-corrected chi connectivity index (χ0v) is 9.76. The zero-order chi connectivity index (χ0) is 12.5. The Bertz CT molecular complexity index is 426. The number of hydrogen-bond acceptors (Lipinski definition) is 4. The van der Waals surface area contributed by atoms with E-state index in [0.29, 0.717) is 37.1 Å². The van der Waals surface area contributed by atoms with E-state index in [-0.39, 0.29) is 6.10 Å². The van der Waals surface area contributed by atoms with Crippen LogP contribution in [0.1, 0.15) is 37.1 Å². The lowest BCUT2D eigenvalue weighted by atomic mass is 9.70. The molecule has 5 nitrogen and oxygen atoms in total. The molecule has 1 heterocycles. The number of aliphatic hydroxyl groups excluding tert-OH is 1. The van der Waals surface area contributed by atoms with Crippen molar-refractivity contribution in [1.82, 2.24) is 9.97 Å². The van der Waals surface area contributed by atoms with E-state index in [2.05, 4.69) is 9.97 Å². The quantitative estimate of drug-likeness (QED) is 0.801. The van der Waals surface area contributed by atoms with Gasteiger partial charge < -0.3 is 10.2 Å². The normalized spacial score (nSPS) is 28.9. The number of carbonyl (C=O) groups is 1. The van der Waals surface area contributed by atoms with Gasteiger partial charge in [0, 0.05) is 12.4 Å². The summed E-state index contributed by atoms with van der Waals surface area (Å²) in [6, 6.07) is 0. The first-order chi connectivity index (χ1) is 8.06. The molecule has 17 heavy (non-hydrogen) atoms. The second-order valence-electron chi connectivity index (χ2n) is 4.61. The number of rotatable bonds is 2. The van der Waals surface area contributed by atoms with E-state index >= 15 is 0 Å². The third-order valence-electron chi connectivity index (χ3n) is 3.55. The highest BCUT2D eigenvalue weighted by Gasteiger charge is 2.45. The van der Waals surface area contributed by atoms with Gasteiger partial charge in [-0.3, -0.25) is 14.8 Å². The van der Waals surface area contributed by atoms with Crippen molar-refractivity contribution in [1.29, 1.82) is 0 Å². The molecule has 1 aliphatic rings. The summed E-state index contributed by atoms with van der Waals surface area (Å²) in [6.45, 7) is 1.78. The van der Waals surface area contributed by atoms with Crippen LogP contribution in [0.4, 0.5) is 0 Å². The van der Waals surface area contributed by atoms with Crippen molar-refractivity contribution < 1.29 is 15.0 Å². The topological polar surface area (TPSA) is 83.3 Å². The molecule has 1 saturated carbocycles. The number of aliphatic carboxylic acids is 1. The highest BCUT2D eigenvalue weighted by atomic mass is 16.4. The summed E-state index contributed by atoms with van der Waals surface area (Å²) in [7, 11) is 0. The molecule has 0 radical (unpaired) electrons. The van der Waals surface area contributed by atoms with E-state index in [1.807, 2.05) is 0 Å². The first-order valence-corrected chi connectivity index (χ1v) is 5.76. The van der Waals surface area contributed by atoms with Gasteiger partial charge in [0.05, 0.1) is 17.5 Å². The van der Waals surface area contributed by atoms with E-state index < -0.39 is 11.4 Å². The van der Waals surface area contributed by atoms with E-state index in [0.717, 1.165) is 0 Å². The van der Waals surface area contributed by atoms with E-state index in [4.69, 9.17) is 0 Å². The van der Waals surface area contributed by atoms with Gasteiger partial charge in [-0.15, -0.1) is 0 Å². The maximum atomic E-state index is 11.6. The van der Waals surface area contributed by atoms with Gasteiger partial charge in [-0.2, -0.15) is 0 Å². The van der Waals surface area contributed by atoms with Gasteiger partial charge in [0.1, 0.15) is 5.41 Å². The first-order valence-electron chi connectivity index (χ1n) is 5.76. The molecule has 0 aliphatic heterocycles. The fourth-order valence-electron chi connectivity index (χ4n) is 2.52. The van der Waals surface area contributed by atoms with Gasteiger partial charge in [0.2, 0.25) is 0 Å². The minimum absolute atomic E-state index is 0.389. The maximum Gasteiger partial charge on any atom is 0.315 e. The van der Waals surface area contributed by atoms with Crippen molar-refractivity contribution in [2.24, 2.45) is 0 Å². The Morgan fingerprint density at radius 2 is 1.94 bits per heavy atom. The number of hydrogen-bond donors (Lipinski definition) is 2. The monoisotopic (exact) mass is 236 g/mol. The molecule has 5 heteroatoms. The van der Waals surface area contributed by atoms with E-state index in [1.54, 1.807) is 13.1 Å². The van der Waals surface area contributed by atoms with Crippen molar-refractivity contribution >= 4 is 5.97 Å². The van der Waals surface area contributed by atoms with Gasteiger partial charge >= 0.3 is 5.97 Å². The van der Waals surface area contributed by atoms with Gasteiger partial charge in [0.15, 0.2) is 0 Å². The van der Waals surface area contributed by atoms with Crippen molar-refractivity contribution in [3.63, 3.8) is 0 Å². The van der Waals surface area contributed by atoms with Crippen LogP contribution in [0.2, 0.25) is 0 Å². The fourth-order valence-corrected chi connectivity index (χ4v) is 2.52. The summed E-state index contributed by atoms with van der Waals surface area (Å²) < 4.78 is 0. The van der Waals surface area contributed by atoms with E-state index in [9.17, 15) is 15.0 Å². The standard InChI is InChI=1S/C12H16N2O3/c1-8-10(14-7-6-13-8)12(11(16)17)4-2-9(15)3-5-12/h6-7,9,15H,2-5H2,1H3,(H,16,17). The minimum Gasteiger partial charge on any atom is -0.481 e. The summed E-state index contributed by atoms with van der Waals surface area (Å²) in [5.41, 5.74) is 0.225. The Morgan fingerprint density at radius 3 is 2.47 bits per heavy atom. The highest BCUT2D eigenvalue weighted by molar-refractivity contribution is 5.81. The maximum absolute atomic E-state index is 11.6. The predicted octanol–water partition coefficient (Wildman–Crippen LogP) is 1.04. The molecular formula is C12H16N2O3. The summed E-state index contributed by atoms with van der Waals surface area (Å²) in [5.74, 6) is -0.868. The molecule has 0 bridgehead atoms. The molecule has 0 aromatic carbocycles. The molecule has 1 aliphatic carbocycles. The molecule has 2 N–H and O–H groups in total. The Hall–Kier alpha value is -1.49. The van der Waals surface area contributed by atoms with Gasteiger partial charge in [-0.25, -0.2) is 0 Å². The van der Waals surface area contributed by atoms with Gasteiger partial charge in [-0.05, 0) is 32.6 Å². The average Bonchev–Trinajstić information content (AvgIpc) is 2.31. The summed E-state index contributed by atoms with van der Waals surface area (Å²) >= 11 is 0. The molecular weight excluding hydrogens is 220 g/mol. The number of carboxylic acid groups (broad SMARTS) is 1. The molecule has 0 atom stereocenters.